The summed E-state index contributed by atoms with van der Waals surface area (Å²) in [6.45, 7) is 4.12. The van der Waals surface area contributed by atoms with Crippen molar-refractivity contribution in [2.45, 2.75) is 25.9 Å². The minimum absolute atomic E-state index is 0.342. The molecule has 114 valence electrons. The molecule has 0 fully saturated rings. The van der Waals surface area contributed by atoms with E-state index in [1.54, 1.807) is 6.20 Å². The van der Waals surface area contributed by atoms with Crippen LogP contribution in [0.15, 0.2) is 61.4 Å². The Morgan fingerprint density at radius 1 is 1.14 bits per heavy atom. The summed E-state index contributed by atoms with van der Waals surface area (Å²) in [7, 11) is 0. The molecular formula is C17H21N5. The first-order chi connectivity index (χ1) is 10.8. The summed E-state index contributed by atoms with van der Waals surface area (Å²) in [5, 5.41) is 7.76. The molecular weight excluding hydrogens is 274 g/mol. The lowest BCUT2D eigenvalue weighted by Gasteiger charge is -2.15. The van der Waals surface area contributed by atoms with Gasteiger partial charge in [0.05, 0.1) is 6.33 Å². The molecule has 5 heteroatoms. The predicted octanol–water partition coefficient (Wildman–Crippen LogP) is 2.81. The molecule has 2 heterocycles. The van der Waals surface area contributed by atoms with Gasteiger partial charge in [0.1, 0.15) is 0 Å². The molecule has 5 nitrogen and oxygen atoms in total. The molecule has 0 amide bonds. The van der Waals surface area contributed by atoms with Crippen LogP contribution in [0.4, 0.5) is 0 Å². The van der Waals surface area contributed by atoms with Gasteiger partial charge in [0.2, 0.25) is 0 Å². The van der Waals surface area contributed by atoms with Gasteiger partial charge >= 0.3 is 0 Å². The van der Waals surface area contributed by atoms with E-state index in [0.717, 1.165) is 25.2 Å². The number of rotatable bonds is 7. The normalized spacial score (nSPS) is 12.4. The van der Waals surface area contributed by atoms with Gasteiger partial charge in [-0.1, -0.05) is 12.1 Å². The van der Waals surface area contributed by atoms with Gasteiger partial charge in [-0.05, 0) is 43.7 Å². The van der Waals surface area contributed by atoms with Crippen molar-refractivity contribution < 1.29 is 0 Å². The Balaban J connectivity index is 1.48. The first kappa shape index (κ1) is 14.5. The average Bonchev–Trinajstić information content (AvgIpc) is 3.25. The molecule has 22 heavy (non-hydrogen) atoms. The number of aryl methyl sites for hydroxylation is 1. The predicted molar refractivity (Wildman–Crippen MR) is 86.8 cm³/mol. The van der Waals surface area contributed by atoms with E-state index in [-0.39, 0.29) is 0 Å². The van der Waals surface area contributed by atoms with Crippen molar-refractivity contribution in [1.82, 2.24) is 24.6 Å². The van der Waals surface area contributed by atoms with Gasteiger partial charge in [0.15, 0.2) is 0 Å². The minimum Gasteiger partial charge on any atom is -0.310 e. The summed E-state index contributed by atoms with van der Waals surface area (Å²) in [6, 6.07) is 10.9. The number of nitrogens with zero attached hydrogens (tertiary/aromatic N) is 4. The van der Waals surface area contributed by atoms with Crippen molar-refractivity contribution in [3.05, 3.63) is 67.0 Å². The van der Waals surface area contributed by atoms with Crippen LogP contribution in [0.3, 0.4) is 0 Å². The summed E-state index contributed by atoms with van der Waals surface area (Å²) >= 11 is 0. The van der Waals surface area contributed by atoms with Crippen molar-refractivity contribution in [3.8, 4) is 5.69 Å². The minimum atomic E-state index is 0.342. The standard InChI is InChI=1S/C17H21N5/c1-15(19-8-2-11-22-12-3-9-20-22)16-4-6-17(7-5-16)21-13-10-18-14-21/h3-7,9-10,12-15,19H,2,8,11H2,1H3. The Kier molecular flexibility index (Phi) is 4.65. The summed E-state index contributed by atoms with van der Waals surface area (Å²) in [5.74, 6) is 0. The second-order valence-corrected chi connectivity index (χ2v) is 5.36. The average molecular weight is 295 g/mol. The zero-order chi connectivity index (χ0) is 15.2. The topological polar surface area (TPSA) is 47.7 Å². The Hall–Kier alpha value is -2.40. The van der Waals surface area contributed by atoms with Crippen LogP contribution in [-0.2, 0) is 6.54 Å². The molecule has 1 atom stereocenters. The van der Waals surface area contributed by atoms with E-state index in [1.165, 1.54) is 5.56 Å². The van der Waals surface area contributed by atoms with E-state index >= 15 is 0 Å². The molecule has 1 N–H and O–H groups in total. The lowest BCUT2D eigenvalue weighted by atomic mass is 10.1. The summed E-state index contributed by atoms with van der Waals surface area (Å²) in [5.41, 5.74) is 2.43. The number of benzene rings is 1. The van der Waals surface area contributed by atoms with E-state index in [2.05, 4.69) is 46.6 Å². The van der Waals surface area contributed by atoms with Crippen LogP contribution in [0.5, 0.6) is 0 Å². The summed E-state index contributed by atoms with van der Waals surface area (Å²) in [4.78, 5) is 4.07. The van der Waals surface area contributed by atoms with E-state index in [1.807, 2.05) is 40.2 Å². The van der Waals surface area contributed by atoms with E-state index < -0.39 is 0 Å². The fourth-order valence-electron chi connectivity index (χ4n) is 2.46. The fraction of sp³-hybridized carbons (Fsp3) is 0.294. The van der Waals surface area contributed by atoms with Crippen molar-refractivity contribution in [1.29, 1.82) is 0 Å². The molecule has 1 aromatic carbocycles. The molecule has 0 radical (unpaired) electrons. The van der Waals surface area contributed by atoms with Crippen molar-refractivity contribution in [2.75, 3.05) is 6.54 Å². The van der Waals surface area contributed by atoms with Gasteiger partial charge in [0.25, 0.3) is 0 Å². The largest absolute Gasteiger partial charge is 0.310 e. The van der Waals surface area contributed by atoms with E-state index in [4.69, 9.17) is 0 Å². The lowest BCUT2D eigenvalue weighted by Crippen LogP contribution is -2.21. The van der Waals surface area contributed by atoms with E-state index in [9.17, 15) is 0 Å². The molecule has 0 bridgehead atoms. The van der Waals surface area contributed by atoms with Crippen LogP contribution < -0.4 is 5.32 Å². The zero-order valence-electron chi connectivity index (χ0n) is 12.8. The highest BCUT2D eigenvalue weighted by molar-refractivity contribution is 5.35. The van der Waals surface area contributed by atoms with Crippen molar-refractivity contribution >= 4 is 0 Å². The first-order valence-electron chi connectivity index (χ1n) is 7.62. The molecule has 3 aromatic rings. The second-order valence-electron chi connectivity index (χ2n) is 5.36. The molecule has 0 spiro atoms. The lowest BCUT2D eigenvalue weighted by molar-refractivity contribution is 0.507. The highest BCUT2D eigenvalue weighted by Crippen LogP contribution is 2.15. The number of imidazole rings is 1. The Bertz CT molecular complexity index is 656. The summed E-state index contributed by atoms with van der Waals surface area (Å²) in [6.07, 6.45) is 10.4. The zero-order valence-corrected chi connectivity index (χ0v) is 12.8. The third kappa shape index (κ3) is 3.62. The highest BCUT2D eigenvalue weighted by Gasteiger charge is 2.05. The Morgan fingerprint density at radius 3 is 2.68 bits per heavy atom. The summed E-state index contributed by atoms with van der Waals surface area (Å²) < 4.78 is 3.97. The maximum absolute atomic E-state index is 4.21. The molecule has 3 rings (SSSR count). The molecule has 0 saturated carbocycles. The smallest absolute Gasteiger partial charge is 0.0991 e. The van der Waals surface area contributed by atoms with Crippen LogP contribution in [-0.4, -0.2) is 25.9 Å². The molecule has 0 aliphatic heterocycles. The Morgan fingerprint density at radius 2 is 2.00 bits per heavy atom. The van der Waals surface area contributed by atoms with Gasteiger partial charge in [0, 0.05) is 43.1 Å². The second kappa shape index (κ2) is 7.04. The van der Waals surface area contributed by atoms with Crippen LogP contribution in [0.2, 0.25) is 0 Å². The van der Waals surface area contributed by atoms with Crippen LogP contribution >= 0.6 is 0 Å². The number of hydrogen-bond donors (Lipinski definition) is 1. The number of hydrogen-bond acceptors (Lipinski definition) is 3. The molecule has 2 aromatic heterocycles. The van der Waals surface area contributed by atoms with Crippen LogP contribution in [0, 0.1) is 0 Å². The van der Waals surface area contributed by atoms with Gasteiger partial charge in [-0.2, -0.15) is 5.10 Å². The number of aromatic nitrogens is 4. The fourth-order valence-corrected chi connectivity index (χ4v) is 2.46. The molecule has 0 aliphatic rings. The first-order valence-corrected chi connectivity index (χ1v) is 7.62. The van der Waals surface area contributed by atoms with Gasteiger partial charge in [-0.3, -0.25) is 4.68 Å². The van der Waals surface area contributed by atoms with E-state index in [0.29, 0.717) is 6.04 Å². The van der Waals surface area contributed by atoms with Crippen molar-refractivity contribution in [2.24, 2.45) is 0 Å². The monoisotopic (exact) mass is 295 g/mol. The molecule has 0 saturated heterocycles. The van der Waals surface area contributed by atoms with Crippen LogP contribution in [0.25, 0.3) is 5.69 Å². The van der Waals surface area contributed by atoms with Crippen molar-refractivity contribution in [3.63, 3.8) is 0 Å². The number of nitrogens with one attached hydrogen (secondary N) is 1. The quantitative estimate of drug-likeness (QED) is 0.682. The molecule has 1 unspecified atom stereocenters. The van der Waals surface area contributed by atoms with Crippen LogP contribution in [0.1, 0.15) is 24.9 Å². The maximum atomic E-state index is 4.21. The van der Waals surface area contributed by atoms with Gasteiger partial charge < -0.3 is 9.88 Å². The molecule has 0 aliphatic carbocycles. The van der Waals surface area contributed by atoms with Gasteiger partial charge in [-0.25, -0.2) is 4.98 Å². The van der Waals surface area contributed by atoms with Gasteiger partial charge in [-0.15, -0.1) is 0 Å². The Labute approximate surface area is 130 Å². The third-order valence-corrected chi connectivity index (χ3v) is 3.77. The third-order valence-electron chi connectivity index (χ3n) is 3.77. The highest BCUT2D eigenvalue weighted by atomic mass is 15.3. The maximum Gasteiger partial charge on any atom is 0.0991 e. The SMILES string of the molecule is CC(NCCCn1cccn1)c1ccc(-n2ccnc2)cc1.